The zero-order valence-corrected chi connectivity index (χ0v) is 31.1. The van der Waals surface area contributed by atoms with E-state index in [1.54, 1.807) is 0 Å². The molecule has 0 aromatic heterocycles. The standard InChI is InChI=1S/C38H76O6/c1-11-15-18-23-29-42-38(44-36(9,10)14-4,43-34-24-20-19-21-25-34)37(40-28-22-16-12-2,41-30-27-32(5)6)35(26-17-13-3)39-31-33(7)8/h32-35H,11-31H2,1-10H3. The van der Waals surface area contributed by atoms with Crippen LogP contribution in [0.3, 0.4) is 0 Å². The maximum Gasteiger partial charge on any atom is 0.344 e. The van der Waals surface area contributed by atoms with E-state index in [4.69, 9.17) is 28.4 Å². The smallest absolute Gasteiger partial charge is 0.344 e. The lowest BCUT2D eigenvalue weighted by atomic mass is 9.95. The molecular formula is C38H76O6. The highest BCUT2D eigenvalue weighted by atomic mass is 16.9. The van der Waals surface area contributed by atoms with Gasteiger partial charge in [0.15, 0.2) is 0 Å². The molecule has 1 saturated carbocycles. The summed E-state index contributed by atoms with van der Waals surface area (Å²) in [5.41, 5.74) is -0.537. The number of unbranched alkanes of at least 4 members (excludes halogenated alkanes) is 6. The summed E-state index contributed by atoms with van der Waals surface area (Å²) in [6.07, 6.45) is 17.2. The summed E-state index contributed by atoms with van der Waals surface area (Å²) in [6.45, 7) is 24.2. The monoisotopic (exact) mass is 629 g/mol. The maximum absolute atomic E-state index is 7.30. The van der Waals surface area contributed by atoms with Crippen molar-refractivity contribution in [1.82, 2.24) is 0 Å². The van der Waals surface area contributed by atoms with Gasteiger partial charge in [-0.2, -0.15) is 0 Å². The Morgan fingerprint density at radius 2 is 1.23 bits per heavy atom. The molecule has 264 valence electrons. The molecule has 6 nitrogen and oxygen atoms in total. The summed E-state index contributed by atoms with van der Waals surface area (Å²) >= 11 is 0. The summed E-state index contributed by atoms with van der Waals surface area (Å²) in [6, 6.07) is 0. The van der Waals surface area contributed by atoms with Gasteiger partial charge in [-0.25, -0.2) is 0 Å². The van der Waals surface area contributed by atoms with Crippen LogP contribution in [0, 0.1) is 11.8 Å². The fraction of sp³-hybridized carbons (Fsp3) is 1.00. The summed E-state index contributed by atoms with van der Waals surface area (Å²) in [7, 11) is 0. The van der Waals surface area contributed by atoms with E-state index < -0.39 is 23.5 Å². The number of hydrogen-bond donors (Lipinski definition) is 0. The molecule has 3 unspecified atom stereocenters. The van der Waals surface area contributed by atoms with E-state index in [-0.39, 0.29) is 6.10 Å². The van der Waals surface area contributed by atoms with Crippen molar-refractivity contribution in [1.29, 1.82) is 0 Å². The molecule has 0 heterocycles. The van der Waals surface area contributed by atoms with Crippen molar-refractivity contribution in [3.63, 3.8) is 0 Å². The van der Waals surface area contributed by atoms with Crippen LogP contribution in [-0.4, -0.2) is 56.0 Å². The average Bonchev–Trinajstić information content (AvgIpc) is 2.98. The molecule has 1 rings (SSSR count). The minimum Gasteiger partial charge on any atom is -0.372 e. The van der Waals surface area contributed by atoms with E-state index in [9.17, 15) is 0 Å². The topological polar surface area (TPSA) is 55.4 Å². The quantitative estimate of drug-likeness (QED) is 0.0635. The van der Waals surface area contributed by atoms with Gasteiger partial charge >= 0.3 is 5.97 Å². The molecule has 0 aromatic rings. The molecule has 0 saturated heterocycles. The van der Waals surface area contributed by atoms with Gasteiger partial charge in [0.05, 0.1) is 31.5 Å². The van der Waals surface area contributed by atoms with Crippen molar-refractivity contribution >= 4 is 0 Å². The SMILES string of the molecule is CCCCCCOC(OC1CCCCC1)(OC(C)(C)CC)C(OCCCCC)(OCCC(C)C)C(CCCC)OCC(C)C. The Morgan fingerprint density at radius 3 is 1.82 bits per heavy atom. The third-order valence-corrected chi connectivity index (χ3v) is 8.80. The van der Waals surface area contributed by atoms with Crippen LogP contribution in [0.1, 0.15) is 178 Å². The molecule has 0 amide bonds. The van der Waals surface area contributed by atoms with Crippen LogP contribution in [0.5, 0.6) is 0 Å². The number of hydrogen-bond acceptors (Lipinski definition) is 6. The first kappa shape index (κ1) is 41.8. The molecule has 1 aliphatic carbocycles. The molecular weight excluding hydrogens is 552 g/mol. The minimum atomic E-state index is -1.57. The predicted molar refractivity (Wildman–Crippen MR) is 184 cm³/mol. The molecule has 0 spiro atoms. The van der Waals surface area contributed by atoms with Gasteiger partial charge in [0.2, 0.25) is 0 Å². The molecule has 0 bridgehead atoms. The van der Waals surface area contributed by atoms with Crippen molar-refractivity contribution in [3.05, 3.63) is 0 Å². The van der Waals surface area contributed by atoms with Crippen LogP contribution < -0.4 is 0 Å². The second kappa shape index (κ2) is 23.1. The average molecular weight is 629 g/mol. The van der Waals surface area contributed by atoms with Gasteiger partial charge < -0.3 is 28.4 Å². The maximum atomic E-state index is 7.30. The van der Waals surface area contributed by atoms with Gasteiger partial charge in [-0.1, -0.05) is 120 Å². The fourth-order valence-electron chi connectivity index (χ4n) is 5.62. The molecule has 44 heavy (non-hydrogen) atoms. The molecule has 0 N–H and O–H groups in total. The van der Waals surface area contributed by atoms with Gasteiger partial charge in [-0.3, -0.25) is 0 Å². The van der Waals surface area contributed by atoms with Gasteiger partial charge in [-0.05, 0) is 70.6 Å². The summed E-state index contributed by atoms with van der Waals surface area (Å²) < 4.78 is 42.9. The van der Waals surface area contributed by atoms with Crippen molar-refractivity contribution in [2.75, 3.05) is 26.4 Å². The summed E-state index contributed by atoms with van der Waals surface area (Å²) in [5.74, 6) is -2.10. The van der Waals surface area contributed by atoms with Crippen LogP contribution in [0.4, 0.5) is 0 Å². The van der Waals surface area contributed by atoms with E-state index in [1.807, 2.05) is 0 Å². The third kappa shape index (κ3) is 15.1. The van der Waals surface area contributed by atoms with Crippen LogP contribution in [-0.2, 0) is 28.4 Å². The second-order valence-corrected chi connectivity index (χ2v) is 14.7. The molecule has 0 radical (unpaired) electrons. The zero-order valence-electron chi connectivity index (χ0n) is 31.1. The van der Waals surface area contributed by atoms with E-state index >= 15 is 0 Å². The van der Waals surface area contributed by atoms with Gasteiger partial charge in [0, 0.05) is 6.61 Å². The Balaban J connectivity index is 3.94. The van der Waals surface area contributed by atoms with Crippen molar-refractivity contribution in [2.45, 2.75) is 208 Å². The van der Waals surface area contributed by atoms with Crippen molar-refractivity contribution in [2.24, 2.45) is 11.8 Å². The second-order valence-electron chi connectivity index (χ2n) is 14.7. The van der Waals surface area contributed by atoms with Crippen LogP contribution >= 0.6 is 0 Å². The van der Waals surface area contributed by atoms with E-state index in [0.29, 0.717) is 38.3 Å². The first-order chi connectivity index (χ1) is 21.0. The van der Waals surface area contributed by atoms with Gasteiger partial charge in [0.1, 0.15) is 6.10 Å². The van der Waals surface area contributed by atoms with Gasteiger partial charge in [-0.15, -0.1) is 0 Å². The Hall–Kier alpha value is -0.240. The fourth-order valence-corrected chi connectivity index (χ4v) is 5.62. The first-order valence-corrected chi connectivity index (χ1v) is 18.9. The lowest BCUT2D eigenvalue weighted by Crippen LogP contribution is -2.71. The molecule has 3 atom stereocenters. The lowest BCUT2D eigenvalue weighted by molar-refractivity contribution is -0.535. The minimum absolute atomic E-state index is 0.0105. The molecule has 1 aliphatic rings. The zero-order chi connectivity index (χ0) is 32.9. The molecule has 1 fully saturated rings. The normalized spacial score (nSPS) is 18.5. The van der Waals surface area contributed by atoms with Crippen LogP contribution in [0.2, 0.25) is 0 Å². The summed E-state index contributed by atoms with van der Waals surface area (Å²) in [4.78, 5) is 0. The molecule has 0 aromatic carbocycles. The summed E-state index contributed by atoms with van der Waals surface area (Å²) in [5, 5.41) is 0. The van der Waals surface area contributed by atoms with Crippen LogP contribution in [0.15, 0.2) is 0 Å². The van der Waals surface area contributed by atoms with Crippen molar-refractivity contribution in [3.8, 4) is 0 Å². The number of ether oxygens (including phenoxy) is 6. The first-order valence-electron chi connectivity index (χ1n) is 18.9. The Labute approximate surface area is 274 Å². The van der Waals surface area contributed by atoms with E-state index in [1.165, 1.54) is 19.3 Å². The Bertz CT molecular complexity index is 676. The molecule has 6 heteroatoms. The molecule has 0 aliphatic heterocycles. The highest BCUT2D eigenvalue weighted by Crippen LogP contribution is 2.46. The highest BCUT2D eigenvalue weighted by Gasteiger charge is 2.66. The van der Waals surface area contributed by atoms with E-state index in [2.05, 4.69) is 69.2 Å². The Morgan fingerprint density at radius 1 is 0.636 bits per heavy atom. The third-order valence-electron chi connectivity index (χ3n) is 8.80. The van der Waals surface area contributed by atoms with Crippen LogP contribution in [0.25, 0.3) is 0 Å². The highest BCUT2D eigenvalue weighted by molar-refractivity contribution is 4.95. The van der Waals surface area contributed by atoms with Gasteiger partial charge in [0.25, 0.3) is 5.79 Å². The van der Waals surface area contributed by atoms with Crippen molar-refractivity contribution < 1.29 is 28.4 Å². The number of rotatable bonds is 28. The lowest BCUT2D eigenvalue weighted by Gasteiger charge is -2.54. The van der Waals surface area contributed by atoms with E-state index in [0.717, 1.165) is 89.9 Å². The predicted octanol–water partition coefficient (Wildman–Crippen LogP) is 11.0. The Kier molecular flexibility index (Phi) is 22.0. The largest absolute Gasteiger partial charge is 0.372 e.